The first-order chi connectivity index (χ1) is 14.3. The van der Waals surface area contributed by atoms with E-state index in [0.29, 0.717) is 13.2 Å². The molecule has 1 aromatic heterocycles. The number of aliphatic imine (C=N–C) groups is 1. The van der Waals surface area contributed by atoms with Gasteiger partial charge in [0.1, 0.15) is 12.4 Å². The maximum absolute atomic E-state index is 5.61. The molecule has 0 bridgehead atoms. The molecule has 6 heteroatoms. The Bertz CT molecular complexity index is 724. The van der Waals surface area contributed by atoms with Crippen molar-refractivity contribution in [3.05, 3.63) is 59.5 Å². The molecule has 0 aliphatic carbocycles. The number of likely N-dealkylation sites (tertiary alicyclic amines) is 1. The van der Waals surface area contributed by atoms with Crippen LogP contribution < -0.4 is 10.6 Å². The summed E-state index contributed by atoms with van der Waals surface area (Å²) in [7, 11) is 1.81. The minimum Gasteiger partial charge on any atom is -0.467 e. The topological polar surface area (TPSA) is 62.0 Å². The van der Waals surface area contributed by atoms with Gasteiger partial charge in [-0.05, 0) is 55.6 Å². The molecule has 158 valence electrons. The third-order valence-electron chi connectivity index (χ3n) is 5.21. The molecular weight excluding hydrogens is 364 g/mol. The zero-order valence-electron chi connectivity index (χ0n) is 17.5. The molecule has 1 aliphatic rings. The summed E-state index contributed by atoms with van der Waals surface area (Å²) >= 11 is 0. The highest BCUT2D eigenvalue weighted by atomic mass is 16.5. The molecule has 3 rings (SSSR count). The van der Waals surface area contributed by atoms with Gasteiger partial charge < -0.3 is 19.8 Å². The zero-order chi connectivity index (χ0) is 20.2. The van der Waals surface area contributed by atoms with Crippen LogP contribution in [0.1, 0.15) is 42.6 Å². The number of hydrogen-bond donors (Lipinski definition) is 2. The lowest BCUT2D eigenvalue weighted by Crippen LogP contribution is -2.38. The number of nitrogens with one attached hydrogen (secondary N) is 2. The van der Waals surface area contributed by atoms with Crippen molar-refractivity contribution in [1.29, 1.82) is 0 Å². The van der Waals surface area contributed by atoms with E-state index in [2.05, 4.69) is 44.8 Å². The summed E-state index contributed by atoms with van der Waals surface area (Å²) in [4.78, 5) is 6.90. The monoisotopic (exact) mass is 398 g/mol. The van der Waals surface area contributed by atoms with Crippen molar-refractivity contribution < 1.29 is 9.15 Å². The van der Waals surface area contributed by atoms with Crippen LogP contribution in [-0.4, -0.2) is 44.1 Å². The number of furan rings is 1. The molecule has 29 heavy (non-hydrogen) atoms. The molecule has 1 fully saturated rings. The second kappa shape index (κ2) is 12.3. The second-order valence-electron chi connectivity index (χ2n) is 7.44. The molecular formula is C23H34N4O2. The molecule has 2 heterocycles. The van der Waals surface area contributed by atoms with Crippen molar-refractivity contribution in [3.63, 3.8) is 0 Å². The Morgan fingerprint density at radius 2 is 1.90 bits per heavy atom. The van der Waals surface area contributed by atoms with Gasteiger partial charge in [0.25, 0.3) is 0 Å². The van der Waals surface area contributed by atoms with Crippen LogP contribution >= 0.6 is 0 Å². The van der Waals surface area contributed by atoms with E-state index in [1.54, 1.807) is 6.26 Å². The first-order valence-corrected chi connectivity index (χ1v) is 10.7. The lowest BCUT2D eigenvalue weighted by Gasteiger charge is -2.27. The van der Waals surface area contributed by atoms with E-state index in [4.69, 9.17) is 9.15 Å². The van der Waals surface area contributed by atoms with Gasteiger partial charge in [0.2, 0.25) is 0 Å². The Morgan fingerprint density at radius 1 is 1.07 bits per heavy atom. The lowest BCUT2D eigenvalue weighted by molar-refractivity contribution is 0.105. The highest BCUT2D eigenvalue weighted by Crippen LogP contribution is 2.16. The van der Waals surface area contributed by atoms with Crippen LogP contribution in [0.5, 0.6) is 0 Å². The number of benzene rings is 1. The molecule has 0 amide bonds. The van der Waals surface area contributed by atoms with Crippen LogP contribution in [0.4, 0.5) is 0 Å². The molecule has 1 aromatic carbocycles. The third kappa shape index (κ3) is 7.55. The van der Waals surface area contributed by atoms with Gasteiger partial charge in [-0.3, -0.25) is 9.89 Å². The Kier molecular flexibility index (Phi) is 9.07. The van der Waals surface area contributed by atoms with Crippen LogP contribution in [0.2, 0.25) is 0 Å². The van der Waals surface area contributed by atoms with E-state index in [9.17, 15) is 0 Å². The smallest absolute Gasteiger partial charge is 0.191 e. The molecule has 6 nitrogen and oxygen atoms in total. The normalized spacial score (nSPS) is 15.4. The van der Waals surface area contributed by atoms with Gasteiger partial charge in [0.05, 0.1) is 6.26 Å². The van der Waals surface area contributed by atoms with E-state index in [1.165, 1.54) is 43.5 Å². The van der Waals surface area contributed by atoms with Crippen molar-refractivity contribution >= 4 is 5.96 Å². The van der Waals surface area contributed by atoms with Gasteiger partial charge in [-0.15, -0.1) is 0 Å². The number of nitrogens with zero attached hydrogens (tertiary/aromatic N) is 2. The van der Waals surface area contributed by atoms with Gasteiger partial charge in [-0.1, -0.05) is 30.7 Å². The van der Waals surface area contributed by atoms with Crippen LogP contribution in [0, 0.1) is 0 Å². The van der Waals surface area contributed by atoms with Crippen LogP contribution in [0.25, 0.3) is 0 Å². The summed E-state index contributed by atoms with van der Waals surface area (Å²) in [6, 6.07) is 12.5. The maximum atomic E-state index is 5.61. The van der Waals surface area contributed by atoms with E-state index >= 15 is 0 Å². The van der Waals surface area contributed by atoms with Gasteiger partial charge in [-0.2, -0.15) is 0 Å². The Hall–Kier alpha value is -2.31. The Morgan fingerprint density at radius 3 is 2.66 bits per heavy atom. The van der Waals surface area contributed by atoms with Crippen molar-refractivity contribution in [2.45, 2.75) is 45.4 Å². The van der Waals surface area contributed by atoms with Gasteiger partial charge in [-0.25, -0.2) is 0 Å². The lowest BCUT2D eigenvalue weighted by atomic mass is 10.0. The number of ether oxygens (including phenoxy) is 1. The summed E-state index contributed by atoms with van der Waals surface area (Å²) in [5.74, 6) is 1.68. The molecule has 1 saturated heterocycles. The molecule has 1 aliphatic heterocycles. The van der Waals surface area contributed by atoms with E-state index in [-0.39, 0.29) is 0 Å². The van der Waals surface area contributed by atoms with Crippen molar-refractivity contribution in [2.75, 3.05) is 33.3 Å². The minimum absolute atomic E-state index is 0.522. The summed E-state index contributed by atoms with van der Waals surface area (Å²) < 4.78 is 10.9. The molecule has 0 saturated carbocycles. The van der Waals surface area contributed by atoms with Crippen molar-refractivity contribution in [2.24, 2.45) is 4.99 Å². The molecule has 0 radical (unpaired) electrons. The average molecular weight is 399 g/mol. The van der Waals surface area contributed by atoms with E-state index in [0.717, 1.165) is 37.8 Å². The van der Waals surface area contributed by atoms with Crippen LogP contribution in [-0.2, 0) is 24.4 Å². The van der Waals surface area contributed by atoms with Gasteiger partial charge >= 0.3 is 0 Å². The molecule has 0 atom stereocenters. The SMILES string of the molecule is CN=C(NCCCOCc1ccco1)NCc1ccccc1CN1CCCCC1. The first-order valence-electron chi connectivity index (χ1n) is 10.7. The fraction of sp³-hybridized carbons (Fsp3) is 0.522. The second-order valence-corrected chi connectivity index (χ2v) is 7.44. The maximum Gasteiger partial charge on any atom is 0.191 e. The predicted octanol–water partition coefficient (Wildman–Crippen LogP) is 3.54. The minimum atomic E-state index is 0.522. The molecule has 0 spiro atoms. The zero-order valence-corrected chi connectivity index (χ0v) is 17.5. The third-order valence-corrected chi connectivity index (χ3v) is 5.21. The summed E-state index contributed by atoms with van der Waals surface area (Å²) in [6.45, 7) is 6.26. The van der Waals surface area contributed by atoms with Crippen molar-refractivity contribution in [1.82, 2.24) is 15.5 Å². The van der Waals surface area contributed by atoms with Crippen LogP contribution in [0.15, 0.2) is 52.1 Å². The molecule has 2 N–H and O–H groups in total. The largest absolute Gasteiger partial charge is 0.467 e. The quantitative estimate of drug-likeness (QED) is 0.364. The molecule has 2 aromatic rings. The fourth-order valence-corrected chi connectivity index (χ4v) is 3.59. The number of guanidine groups is 1. The summed E-state index contributed by atoms with van der Waals surface area (Å²) in [5.41, 5.74) is 2.74. The standard InChI is InChI=1S/C23H34N4O2/c1-24-23(25-12-8-15-28-19-22-11-7-16-29-22)26-17-20-9-3-4-10-21(20)18-27-13-5-2-6-14-27/h3-4,7,9-11,16H,2,5-6,8,12-15,17-19H2,1H3,(H2,24,25,26). The van der Waals surface area contributed by atoms with Crippen molar-refractivity contribution in [3.8, 4) is 0 Å². The first kappa shape index (κ1) is 21.4. The number of hydrogen-bond acceptors (Lipinski definition) is 4. The van der Waals surface area contributed by atoms with E-state index < -0.39 is 0 Å². The van der Waals surface area contributed by atoms with Crippen LogP contribution in [0.3, 0.4) is 0 Å². The Balaban J connectivity index is 1.36. The van der Waals surface area contributed by atoms with Gasteiger partial charge in [0.15, 0.2) is 5.96 Å². The average Bonchev–Trinajstić information content (AvgIpc) is 3.28. The highest BCUT2D eigenvalue weighted by molar-refractivity contribution is 5.79. The summed E-state index contributed by atoms with van der Waals surface area (Å²) in [6.07, 6.45) is 6.59. The Labute approximate surface area is 174 Å². The number of piperidine rings is 1. The summed E-state index contributed by atoms with van der Waals surface area (Å²) in [5, 5.41) is 6.80. The number of rotatable bonds is 10. The van der Waals surface area contributed by atoms with E-state index in [1.807, 2.05) is 19.2 Å². The fourth-order valence-electron chi connectivity index (χ4n) is 3.59. The highest BCUT2D eigenvalue weighted by Gasteiger charge is 2.12. The van der Waals surface area contributed by atoms with Gasteiger partial charge in [0, 0.05) is 33.3 Å². The molecule has 0 unspecified atom stereocenters. The predicted molar refractivity (Wildman–Crippen MR) is 117 cm³/mol.